The number of aromatic hydroxyl groups is 3. The second kappa shape index (κ2) is 9.32. The minimum atomic E-state index is 0.0949. The maximum absolute atomic E-state index is 10.5. The van der Waals surface area contributed by atoms with Gasteiger partial charge >= 0.3 is 0 Å². The number of benzene rings is 2. The topological polar surface area (TPSA) is 60.7 Å². The Morgan fingerprint density at radius 1 is 0.750 bits per heavy atom. The minimum absolute atomic E-state index is 0.0949. The summed E-state index contributed by atoms with van der Waals surface area (Å²) in [6.07, 6.45) is 9.19. The highest BCUT2D eigenvalue weighted by Gasteiger charge is 2.15. The molecule has 0 atom stereocenters. The van der Waals surface area contributed by atoms with Crippen molar-refractivity contribution in [3.8, 4) is 17.2 Å². The lowest BCUT2D eigenvalue weighted by atomic mass is 9.93. The number of aryl methyl sites for hydroxylation is 1. The van der Waals surface area contributed by atoms with Crippen LogP contribution in [0.15, 0.2) is 47.6 Å². The summed E-state index contributed by atoms with van der Waals surface area (Å²) < 4.78 is 0. The summed E-state index contributed by atoms with van der Waals surface area (Å²) in [5, 5.41) is 30.7. The molecule has 0 aliphatic rings. The van der Waals surface area contributed by atoms with Gasteiger partial charge < -0.3 is 15.3 Å². The van der Waals surface area contributed by atoms with E-state index in [0.717, 1.165) is 27.8 Å². The summed E-state index contributed by atoms with van der Waals surface area (Å²) in [5.74, 6) is 0.454. The van der Waals surface area contributed by atoms with Gasteiger partial charge in [0, 0.05) is 17.2 Å². The summed E-state index contributed by atoms with van der Waals surface area (Å²) in [7, 11) is 0. The van der Waals surface area contributed by atoms with Crippen molar-refractivity contribution in [1.82, 2.24) is 0 Å². The van der Waals surface area contributed by atoms with Crippen molar-refractivity contribution in [2.45, 2.75) is 47.5 Å². The number of rotatable bonds is 6. The maximum atomic E-state index is 10.5. The number of phenols is 3. The van der Waals surface area contributed by atoms with Crippen LogP contribution in [-0.4, -0.2) is 15.3 Å². The van der Waals surface area contributed by atoms with Crippen molar-refractivity contribution in [2.75, 3.05) is 0 Å². The van der Waals surface area contributed by atoms with E-state index < -0.39 is 0 Å². The maximum Gasteiger partial charge on any atom is 0.123 e. The Hall–Kier alpha value is -2.94. The van der Waals surface area contributed by atoms with Gasteiger partial charge in [-0.25, -0.2) is 0 Å². The van der Waals surface area contributed by atoms with Crippen LogP contribution in [-0.2, 0) is 12.8 Å². The normalized spacial score (nSPS) is 10.9. The molecule has 0 bridgehead atoms. The van der Waals surface area contributed by atoms with E-state index in [2.05, 4.69) is 12.2 Å². The fourth-order valence-electron chi connectivity index (χ4n) is 2.97. The van der Waals surface area contributed by atoms with Crippen LogP contribution in [0.25, 0.3) is 12.2 Å². The van der Waals surface area contributed by atoms with Crippen molar-refractivity contribution in [1.29, 1.82) is 0 Å². The van der Waals surface area contributed by atoms with Gasteiger partial charge in [0.1, 0.15) is 17.2 Å². The fourth-order valence-corrected chi connectivity index (χ4v) is 2.97. The second-order valence-electron chi connectivity index (χ2n) is 7.64. The third-order valence-electron chi connectivity index (χ3n) is 4.63. The Morgan fingerprint density at radius 3 is 1.75 bits per heavy atom. The van der Waals surface area contributed by atoms with Gasteiger partial charge in [0.25, 0.3) is 0 Å². The van der Waals surface area contributed by atoms with E-state index in [1.54, 1.807) is 6.07 Å². The van der Waals surface area contributed by atoms with Gasteiger partial charge in [-0.15, -0.1) is 0 Å². The van der Waals surface area contributed by atoms with E-state index in [1.807, 2.05) is 58.9 Å². The molecular weight excluding hydrogens is 348 g/mol. The van der Waals surface area contributed by atoms with Crippen molar-refractivity contribution >= 4 is 12.2 Å². The zero-order valence-electron chi connectivity index (χ0n) is 17.4. The van der Waals surface area contributed by atoms with Gasteiger partial charge in [-0.05, 0) is 76.3 Å². The lowest BCUT2D eigenvalue weighted by molar-refractivity contribution is 0.443. The third kappa shape index (κ3) is 5.53. The zero-order chi connectivity index (χ0) is 20.8. The minimum Gasteiger partial charge on any atom is -0.508 e. The summed E-state index contributed by atoms with van der Waals surface area (Å²) >= 11 is 0. The quantitative estimate of drug-likeness (QED) is 0.408. The standard InChI is InChI=1S/C25H30O3/c1-16(2)6-10-21-20(12-8-19-9-13-23(26)18(5)14-19)22(11-7-17(3)4)25(28)15-24(21)27/h6-9,12-15,26-28H,10-11H2,1-5H3/b12-8+. The molecule has 2 aromatic rings. The number of allylic oxidation sites excluding steroid dienone is 4. The Balaban J connectivity index is 2.60. The summed E-state index contributed by atoms with van der Waals surface area (Å²) in [5.41, 5.74) is 6.50. The molecule has 0 fully saturated rings. The largest absolute Gasteiger partial charge is 0.508 e. The first kappa shape index (κ1) is 21.4. The van der Waals surface area contributed by atoms with E-state index in [-0.39, 0.29) is 17.2 Å². The van der Waals surface area contributed by atoms with Gasteiger partial charge in [0.2, 0.25) is 0 Å². The molecule has 0 aliphatic carbocycles. The van der Waals surface area contributed by atoms with Gasteiger partial charge in [-0.3, -0.25) is 0 Å². The monoisotopic (exact) mass is 378 g/mol. The average Bonchev–Trinajstić information content (AvgIpc) is 2.60. The van der Waals surface area contributed by atoms with E-state index in [4.69, 9.17) is 0 Å². The van der Waals surface area contributed by atoms with Gasteiger partial charge in [-0.1, -0.05) is 41.5 Å². The number of phenolic OH excluding ortho intramolecular Hbond substituents is 3. The van der Waals surface area contributed by atoms with E-state index >= 15 is 0 Å². The van der Waals surface area contributed by atoms with Crippen LogP contribution in [0.1, 0.15) is 55.5 Å². The zero-order valence-corrected chi connectivity index (χ0v) is 17.4. The first-order valence-electron chi connectivity index (χ1n) is 9.50. The summed E-state index contributed by atoms with van der Waals surface area (Å²) in [4.78, 5) is 0. The number of hydrogen-bond acceptors (Lipinski definition) is 3. The van der Waals surface area contributed by atoms with E-state index in [9.17, 15) is 15.3 Å². The Kier molecular flexibility index (Phi) is 7.11. The second-order valence-corrected chi connectivity index (χ2v) is 7.64. The molecule has 0 aliphatic heterocycles. The molecule has 3 N–H and O–H groups in total. The van der Waals surface area contributed by atoms with Gasteiger partial charge in [0.05, 0.1) is 0 Å². The molecule has 0 spiro atoms. The molecule has 0 unspecified atom stereocenters. The van der Waals surface area contributed by atoms with Crippen LogP contribution in [0, 0.1) is 6.92 Å². The first-order chi connectivity index (χ1) is 13.2. The molecule has 0 saturated heterocycles. The molecule has 2 aromatic carbocycles. The van der Waals surface area contributed by atoms with Crippen molar-refractivity contribution < 1.29 is 15.3 Å². The Labute approximate surface area is 168 Å². The molecule has 148 valence electrons. The lowest BCUT2D eigenvalue weighted by Crippen LogP contribution is -1.97. The predicted molar refractivity (Wildman–Crippen MR) is 118 cm³/mol. The first-order valence-corrected chi connectivity index (χ1v) is 9.50. The van der Waals surface area contributed by atoms with Gasteiger partial charge in [0.15, 0.2) is 0 Å². The highest BCUT2D eigenvalue weighted by Crippen LogP contribution is 2.35. The molecule has 0 aromatic heterocycles. The van der Waals surface area contributed by atoms with Crippen LogP contribution in [0.3, 0.4) is 0 Å². The van der Waals surface area contributed by atoms with E-state index in [0.29, 0.717) is 12.8 Å². The molecule has 3 heteroatoms. The molecule has 2 rings (SSSR count). The van der Waals surface area contributed by atoms with E-state index in [1.165, 1.54) is 17.2 Å². The van der Waals surface area contributed by atoms with Crippen LogP contribution in [0.4, 0.5) is 0 Å². The molecule has 0 heterocycles. The highest BCUT2D eigenvalue weighted by molar-refractivity contribution is 5.76. The Bertz CT molecular complexity index is 895. The molecular formula is C25H30O3. The average molecular weight is 379 g/mol. The lowest BCUT2D eigenvalue weighted by Gasteiger charge is -2.15. The Morgan fingerprint density at radius 2 is 1.29 bits per heavy atom. The van der Waals surface area contributed by atoms with Crippen molar-refractivity contribution in [3.63, 3.8) is 0 Å². The molecule has 28 heavy (non-hydrogen) atoms. The highest BCUT2D eigenvalue weighted by atomic mass is 16.3. The molecule has 3 nitrogen and oxygen atoms in total. The van der Waals surface area contributed by atoms with Crippen LogP contribution < -0.4 is 0 Å². The summed E-state index contributed by atoms with van der Waals surface area (Å²) in [6, 6.07) is 6.85. The molecule has 0 radical (unpaired) electrons. The SMILES string of the molecule is CC(C)=CCc1c(O)cc(O)c(CC=C(C)C)c1/C=C/c1ccc(O)c(C)c1. The van der Waals surface area contributed by atoms with Crippen LogP contribution in [0.5, 0.6) is 17.2 Å². The number of hydrogen-bond donors (Lipinski definition) is 3. The van der Waals surface area contributed by atoms with Crippen LogP contribution >= 0.6 is 0 Å². The van der Waals surface area contributed by atoms with Crippen molar-refractivity contribution in [2.24, 2.45) is 0 Å². The van der Waals surface area contributed by atoms with Crippen LogP contribution in [0.2, 0.25) is 0 Å². The van der Waals surface area contributed by atoms with Crippen molar-refractivity contribution in [3.05, 3.63) is 75.4 Å². The third-order valence-corrected chi connectivity index (χ3v) is 4.63. The fraction of sp³-hybridized carbons (Fsp3) is 0.280. The summed E-state index contributed by atoms with van der Waals surface area (Å²) in [6.45, 7) is 9.95. The molecule has 0 amide bonds. The predicted octanol–water partition coefficient (Wildman–Crippen LogP) is 6.30. The smallest absolute Gasteiger partial charge is 0.123 e. The molecule has 0 saturated carbocycles. The van der Waals surface area contributed by atoms with Gasteiger partial charge in [-0.2, -0.15) is 0 Å².